The van der Waals surface area contributed by atoms with Crippen LogP contribution < -0.4 is 10.6 Å². The van der Waals surface area contributed by atoms with E-state index in [9.17, 15) is 14.4 Å². The molecule has 0 aliphatic heterocycles. The van der Waals surface area contributed by atoms with Gasteiger partial charge in [0.2, 0.25) is 0 Å². The molecule has 0 spiro atoms. The molecule has 2 N–H and O–H groups in total. The Morgan fingerprint density at radius 1 is 1.03 bits per heavy atom. The van der Waals surface area contributed by atoms with Gasteiger partial charge in [0.05, 0.1) is 6.54 Å². The number of carbonyl (C=O) groups excluding carboxylic acids is 3. The lowest BCUT2D eigenvalue weighted by atomic mass is 10.1. The monoisotopic (exact) mass is 406 g/mol. The summed E-state index contributed by atoms with van der Waals surface area (Å²) in [6.07, 6.45) is 1.60. The molecule has 30 heavy (non-hydrogen) atoms. The van der Waals surface area contributed by atoms with Crippen molar-refractivity contribution in [3.05, 3.63) is 77.5 Å². The molecule has 1 heterocycles. The third-order valence-corrected chi connectivity index (χ3v) is 4.31. The summed E-state index contributed by atoms with van der Waals surface area (Å²) < 4.78 is 6.76. The zero-order valence-electron chi connectivity index (χ0n) is 16.7. The fraction of sp³-hybridized carbons (Fsp3) is 0.182. The minimum absolute atomic E-state index is 0.238. The number of nitrogens with one attached hydrogen (secondary N) is 2. The van der Waals surface area contributed by atoms with Crippen molar-refractivity contribution in [1.29, 1.82) is 0 Å². The standard InChI is InChI=1S/C22H22N4O4/c1-15-8-10-17(11-9-15)20-18(21(28)30-14-19(27)24-22(29)23-2)13-26(25-20)12-16-6-4-3-5-7-16/h3-11,13H,12,14H2,1-2H3,(H2,23,24,27,29). The largest absolute Gasteiger partial charge is 0.452 e. The van der Waals surface area contributed by atoms with E-state index in [-0.39, 0.29) is 5.56 Å². The topological polar surface area (TPSA) is 102 Å². The first kappa shape index (κ1) is 20.8. The van der Waals surface area contributed by atoms with E-state index in [0.717, 1.165) is 16.7 Å². The average Bonchev–Trinajstić information content (AvgIpc) is 3.17. The molecular formula is C22H22N4O4. The van der Waals surface area contributed by atoms with E-state index in [4.69, 9.17) is 4.74 Å². The molecule has 0 fully saturated rings. The molecule has 0 atom stereocenters. The molecule has 0 saturated carbocycles. The van der Waals surface area contributed by atoms with Crippen LogP contribution in [0.25, 0.3) is 11.3 Å². The van der Waals surface area contributed by atoms with Gasteiger partial charge in [-0.05, 0) is 12.5 Å². The van der Waals surface area contributed by atoms with Gasteiger partial charge in [-0.3, -0.25) is 14.8 Å². The van der Waals surface area contributed by atoms with E-state index < -0.39 is 24.5 Å². The average molecular weight is 406 g/mol. The van der Waals surface area contributed by atoms with Crippen molar-refractivity contribution >= 4 is 17.9 Å². The number of hydrogen-bond acceptors (Lipinski definition) is 5. The van der Waals surface area contributed by atoms with Crippen LogP contribution in [-0.4, -0.2) is 41.3 Å². The number of ether oxygens (including phenoxy) is 1. The molecule has 8 nitrogen and oxygen atoms in total. The second kappa shape index (κ2) is 9.51. The number of nitrogens with zero attached hydrogens (tertiary/aromatic N) is 2. The smallest absolute Gasteiger partial charge is 0.342 e. The highest BCUT2D eigenvalue weighted by Crippen LogP contribution is 2.24. The molecular weight excluding hydrogens is 384 g/mol. The zero-order chi connectivity index (χ0) is 21.5. The van der Waals surface area contributed by atoms with Gasteiger partial charge in [0, 0.05) is 18.8 Å². The van der Waals surface area contributed by atoms with E-state index in [2.05, 4.69) is 10.4 Å². The van der Waals surface area contributed by atoms with Gasteiger partial charge in [0.25, 0.3) is 5.91 Å². The molecule has 0 aliphatic carbocycles. The fourth-order valence-corrected chi connectivity index (χ4v) is 2.78. The van der Waals surface area contributed by atoms with E-state index in [1.165, 1.54) is 7.05 Å². The minimum atomic E-state index is -0.726. The van der Waals surface area contributed by atoms with Gasteiger partial charge in [-0.15, -0.1) is 0 Å². The Hall–Kier alpha value is -3.94. The maximum absolute atomic E-state index is 12.7. The van der Waals surface area contributed by atoms with Crippen LogP contribution in [0.1, 0.15) is 21.5 Å². The molecule has 8 heteroatoms. The summed E-state index contributed by atoms with van der Waals surface area (Å²) in [6.45, 7) is 1.87. The number of hydrogen-bond donors (Lipinski definition) is 2. The van der Waals surface area contributed by atoms with Gasteiger partial charge in [-0.1, -0.05) is 60.2 Å². The van der Waals surface area contributed by atoms with E-state index in [1.54, 1.807) is 10.9 Å². The summed E-state index contributed by atoms with van der Waals surface area (Å²) in [5, 5.41) is 8.86. The number of benzene rings is 2. The fourth-order valence-electron chi connectivity index (χ4n) is 2.78. The first-order valence-corrected chi connectivity index (χ1v) is 9.33. The molecule has 0 saturated heterocycles. The van der Waals surface area contributed by atoms with Crippen molar-refractivity contribution in [2.45, 2.75) is 13.5 Å². The lowest BCUT2D eigenvalue weighted by molar-refractivity contribution is -0.123. The maximum atomic E-state index is 12.7. The molecule has 0 unspecified atom stereocenters. The van der Waals surface area contributed by atoms with Crippen LogP contribution in [-0.2, 0) is 16.1 Å². The van der Waals surface area contributed by atoms with Crippen LogP contribution in [0.3, 0.4) is 0 Å². The Kier molecular flexibility index (Phi) is 6.59. The second-order valence-corrected chi connectivity index (χ2v) is 6.64. The number of carbonyl (C=O) groups is 3. The molecule has 3 rings (SSSR count). The summed E-state index contributed by atoms with van der Waals surface area (Å²) in [7, 11) is 1.38. The molecule has 0 aliphatic rings. The number of aromatic nitrogens is 2. The molecule has 154 valence electrons. The summed E-state index contributed by atoms with van der Waals surface area (Å²) in [5.41, 5.74) is 3.57. The van der Waals surface area contributed by atoms with Gasteiger partial charge in [-0.25, -0.2) is 9.59 Å². The second-order valence-electron chi connectivity index (χ2n) is 6.64. The van der Waals surface area contributed by atoms with Crippen LogP contribution in [0.5, 0.6) is 0 Å². The highest BCUT2D eigenvalue weighted by molar-refractivity contribution is 5.99. The van der Waals surface area contributed by atoms with Crippen molar-refractivity contribution in [2.75, 3.05) is 13.7 Å². The van der Waals surface area contributed by atoms with Crippen LogP contribution in [0.15, 0.2) is 60.8 Å². The quantitative estimate of drug-likeness (QED) is 0.613. The Bertz CT molecular complexity index is 1040. The molecule has 3 amide bonds. The lowest BCUT2D eigenvalue weighted by Crippen LogP contribution is -2.39. The Morgan fingerprint density at radius 2 is 1.73 bits per heavy atom. The first-order chi connectivity index (χ1) is 14.5. The summed E-state index contributed by atoms with van der Waals surface area (Å²) in [5.74, 6) is -1.42. The molecule has 0 bridgehead atoms. The summed E-state index contributed by atoms with van der Waals surface area (Å²) >= 11 is 0. The minimum Gasteiger partial charge on any atom is -0.452 e. The number of imide groups is 1. The number of amides is 3. The Balaban J connectivity index is 1.83. The summed E-state index contributed by atoms with van der Waals surface area (Å²) in [6, 6.07) is 16.7. The highest BCUT2D eigenvalue weighted by atomic mass is 16.5. The molecule has 0 radical (unpaired) electrons. The van der Waals surface area contributed by atoms with Crippen molar-refractivity contribution in [1.82, 2.24) is 20.4 Å². The van der Waals surface area contributed by atoms with Crippen LogP contribution >= 0.6 is 0 Å². The lowest BCUT2D eigenvalue weighted by Gasteiger charge is -2.06. The number of rotatable bonds is 6. The van der Waals surface area contributed by atoms with Gasteiger partial charge in [-0.2, -0.15) is 5.10 Å². The van der Waals surface area contributed by atoms with Crippen molar-refractivity contribution in [3.63, 3.8) is 0 Å². The van der Waals surface area contributed by atoms with Crippen molar-refractivity contribution in [3.8, 4) is 11.3 Å². The predicted octanol–water partition coefficient (Wildman–Crippen LogP) is 2.52. The molecule has 2 aromatic carbocycles. The van der Waals surface area contributed by atoms with Crippen LogP contribution in [0, 0.1) is 6.92 Å². The maximum Gasteiger partial charge on any atom is 0.342 e. The van der Waals surface area contributed by atoms with Crippen molar-refractivity contribution < 1.29 is 19.1 Å². The van der Waals surface area contributed by atoms with E-state index >= 15 is 0 Å². The van der Waals surface area contributed by atoms with Crippen molar-refractivity contribution in [2.24, 2.45) is 0 Å². The SMILES string of the molecule is CNC(=O)NC(=O)COC(=O)c1cn(Cc2ccccc2)nc1-c1ccc(C)cc1. The third kappa shape index (κ3) is 5.32. The predicted molar refractivity (Wildman–Crippen MR) is 111 cm³/mol. The normalized spacial score (nSPS) is 10.3. The number of urea groups is 1. The Labute approximate surface area is 173 Å². The zero-order valence-corrected chi connectivity index (χ0v) is 16.7. The Morgan fingerprint density at radius 3 is 2.40 bits per heavy atom. The van der Waals surface area contributed by atoms with Crippen LogP contribution in [0.2, 0.25) is 0 Å². The van der Waals surface area contributed by atoms with Gasteiger partial charge < -0.3 is 10.1 Å². The van der Waals surface area contributed by atoms with E-state index in [1.807, 2.05) is 66.8 Å². The van der Waals surface area contributed by atoms with Gasteiger partial charge in [0.15, 0.2) is 6.61 Å². The highest BCUT2D eigenvalue weighted by Gasteiger charge is 2.21. The molecule has 3 aromatic rings. The number of esters is 1. The number of aryl methyl sites for hydroxylation is 1. The van der Waals surface area contributed by atoms with Crippen LogP contribution in [0.4, 0.5) is 4.79 Å². The van der Waals surface area contributed by atoms with Gasteiger partial charge in [0.1, 0.15) is 11.3 Å². The van der Waals surface area contributed by atoms with E-state index in [0.29, 0.717) is 12.2 Å². The molecule has 1 aromatic heterocycles. The third-order valence-electron chi connectivity index (χ3n) is 4.31. The van der Waals surface area contributed by atoms with Gasteiger partial charge >= 0.3 is 12.0 Å². The summed E-state index contributed by atoms with van der Waals surface area (Å²) in [4.78, 5) is 35.6. The first-order valence-electron chi connectivity index (χ1n) is 9.33.